The first-order valence-corrected chi connectivity index (χ1v) is 7.74. The Bertz CT molecular complexity index is 411. The Labute approximate surface area is 120 Å². The minimum Gasteiger partial charge on any atom is -0.357 e. The number of aryl methyl sites for hydroxylation is 1. The lowest BCUT2D eigenvalue weighted by Crippen LogP contribution is -2.43. The van der Waals surface area contributed by atoms with Gasteiger partial charge in [-0.15, -0.1) is 0 Å². The molecule has 0 saturated carbocycles. The number of aromatic nitrogens is 2. The molecule has 0 radical (unpaired) electrons. The quantitative estimate of drug-likeness (QED) is 0.615. The number of thioether (sulfide) groups is 1. The van der Waals surface area contributed by atoms with Crippen molar-refractivity contribution >= 4 is 17.7 Å². The van der Waals surface area contributed by atoms with E-state index in [-0.39, 0.29) is 4.75 Å². The lowest BCUT2D eigenvalue weighted by molar-refractivity contribution is 0.665. The van der Waals surface area contributed by atoms with Crippen molar-refractivity contribution in [1.82, 2.24) is 20.4 Å². The SMILES string of the molecule is CCNC(=NCc1cnn(C)c1)NCC(C)(C)SC. The van der Waals surface area contributed by atoms with Crippen molar-refractivity contribution in [1.29, 1.82) is 0 Å². The Morgan fingerprint density at radius 2 is 2.21 bits per heavy atom. The summed E-state index contributed by atoms with van der Waals surface area (Å²) in [6.07, 6.45) is 5.96. The average molecular weight is 283 g/mol. The smallest absolute Gasteiger partial charge is 0.191 e. The van der Waals surface area contributed by atoms with Gasteiger partial charge in [0.15, 0.2) is 5.96 Å². The van der Waals surface area contributed by atoms with Crippen LogP contribution in [0.5, 0.6) is 0 Å². The van der Waals surface area contributed by atoms with Crippen LogP contribution in [0.15, 0.2) is 17.4 Å². The number of guanidine groups is 1. The van der Waals surface area contributed by atoms with Crippen LogP contribution in [-0.4, -0.2) is 39.8 Å². The van der Waals surface area contributed by atoms with Crippen LogP contribution in [0, 0.1) is 0 Å². The first-order valence-electron chi connectivity index (χ1n) is 6.51. The van der Waals surface area contributed by atoms with E-state index in [4.69, 9.17) is 0 Å². The molecule has 108 valence electrons. The maximum absolute atomic E-state index is 4.57. The third-order valence-corrected chi connectivity index (χ3v) is 4.01. The molecule has 1 rings (SSSR count). The first kappa shape index (κ1) is 15.9. The van der Waals surface area contributed by atoms with Crippen molar-refractivity contribution in [3.8, 4) is 0 Å². The lowest BCUT2D eigenvalue weighted by atomic mass is 10.2. The van der Waals surface area contributed by atoms with Crippen molar-refractivity contribution in [2.45, 2.75) is 32.1 Å². The van der Waals surface area contributed by atoms with Gasteiger partial charge in [-0.2, -0.15) is 16.9 Å². The van der Waals surface area contributed by atoms with Crippen LogP contribution in [-0.2, 0) is 13.6 Å². The van der Waals surface area contributed by atoms with Crippen LogP contribution in [0.4, 0.5) is 0 Å². The number of nitrogens with zero attached hydrogens (tertiary/aromatic N) is 3. The fourth-order valence-electron chi connectivity index (χ4n) is 1.43. The molecule has 0 saturated heterocycles. The fraction of sp³-hybridized carbons (Fsp3) is 0.692. The first-order chi connectivity index (χ1) is 8.96. The van der Waals surface area contributed by atoms with Crippen molar-refractivity contribution < 1.29 is 0 Å². The van der Waals surface area contributed by atoms with Gasteiger partial charge < -0.3 is 10.6 Å². The molecule has 1 aromatic rings. The van der Waals surface area contributed by atoms with Crippen LogP contribution in [0.25, 0.3) is 0 Å². The van der Waals surface area contributed by atoms with E-state index in [0.29, 0.717) is 6.54 Å². The summed E-state index contributed by atoms with van der Waals surface area (Å²) >= 11 is 1.85. The number of aliphatic imine (C=N–C) groups is 1. The van der Waals surface area contributed by atoms with Crippen LogP contribution in [0.3, 0.4) is 0 Å². The highest BCUT2D eigenvalue weighted by Gasteiger charge is 2.15. The second-order valence-corrected chi connectivity index (χ2v) is 6.55. The van der Waals surface area contributed by atoms with Gasteiger partial charge in [-0.1, -0.05) is 0 Å². The maximum Gasteiger partial charge on any atom is 0.191 e. The van der Waals surface area contributed by atoms with Crippen molar-refractivity contribution in [3.63, 3.8) is 0 Å². The monoisotopic (exact) mass is 283 g/mol. The number of hydrogen-bond acceptors (Lipinski definition) is 3. The maximum atomic E-state index is 4.57. The van der Waals surface area contributed by atoms with E-state index < -0.39 is 0 Å². The van der Waals surface area contributed by atoms with Crippen LogP contribution in [0.1, 0.15) is 26.3 Å². The Balaban J connectivity index is 2.56. The second kappa shape index (κ2) is 7.43. The van der Waals surface area contributed by atoms with Crippen LogP contribution < -0.4 is 10.6 Å². The molecule has 19 heavy (non-hydrogen) atoms. The second-order valence-electron chi connectivity index (χ2n) is 5.03. The molecule has 1 aromatic heterocycles. The largest absolute Gasteiger partial charge is 0.357 e. The minimum absolute atomic E-state index is 0.199. The van der Waals surface area contributed by atoms with E-state index >= 15 is 0 Å². The highest BCUT2D eigenvalue weighted by Crippen LogP contribution is 2.19. The van der Waals surface area contributed by atoms with Gasteiger partial charge in [0.05, 0.1) is 12.7 Å². The molecule has 0 aliphatic heterocycles. The third-order valence-electron chi connectivity index (χ3n) is 2.76. The molecule has 0 aliphatic carbocycles. The predicted molar refractivity (Wildman–Crippen MR) is 83.6 cm³/mol. The Kier molecular flexibility index (Phi) is 6.21. The number of nitrogens with one attached hydrogen (secondary N) is 2. The van der Waals surface area contributed by atoms with Gasteiger partial charge in [-0.3, -0.25) is 4.68 Å². The van der Waals surface area contributed by atoms with E-state index in [2.05, 4.69) is 47.8 Å². The van der Waals surface area contributed by atoms with Crippen molar-refractivity contribution in [3.05, 3.63) is 18.0 Å². The summed E-state index contributed by atoms with van der Waals surface area (Å²) in [5.74, 6) is 0.855. The molecule has 0 aliphatic rings. The van der Waals surface area contributed by atoms with Gasteiger partial charge >= 0.3 is 0 Å². The van der Waals surface area contributed by atoms with E-state index in [9.17, 15) is 0 Å². The Morgan fingerprint density at radius 3 is 2.74 bits per heavy atom. The topological polar surface area (TPSA) is 54.2 Å². The molecule has 0 unspecified atom stereocenters. The van der Waals surface area contributed by atoms with E-state index in [0.717, 1.165) is 24.6 Å². The normalized spacial score (nSPS) is 12.6. The molecule has 1 heterocycles. The summed E-state index contributed by atoms with van der Waals surface area (Å²) in [5, 5.41) is 10.8. The van der Waals surface area contributed by atoms with E-state index in [1.165, 1.54) is 0 Å². The van der Waals surface area contributed by atoms with E-state index in [1.54, 1.807) is 4.68 Å². The predicted octanol–water partition coefficient (Wildman–Crippen LogP) is 1.62. The molecule has 0 bridgehead atoms. The van der Waals surface area contributed by atoms with Gasteiger partial charge in [-0.05, 0) is 27.0 Å². The van der Waals surface area contributed by atoms with Gasteiger partial charge in [0, 0.05) is 36.6 Å². The average Bonchev–Trinajstić information content (AvgIpc) is 2.79. The molecule has 5 nitrogen and oxygen atoms in total. The molecule has 0 atom stereocenters. The number of rotatable bonds is 6. The van der Waals surface area contributed by atoms with Crippen molar-refractivity contribution in [2.24, 2.45) is 12.0 Å². The summed E-state index contributed by atoms with van der Waals surface area (Å²) in [6.45, 7) is 8.89. The van der Waals surface area contributed by atoms with E-state index in [1.807, 2.05) is 31.2 Å². The molecular formula is C13H25N5S. The molecule has 2 N–H and O–H groups in total. The van der Waals surface area contributed by atoms with Gasteiger partial charge in [0.1, 0.15) is 0 Å². The standard InChI is InChI=1S/C13H25N5S/c1-6-14-12(16-10-13(2,3)19-5)15-7-11-8-17-18(4)9-11/h8-9H,6-7,10H2,1-5H3,(H2,14,15,16). The number of hydrogen-bond donors (Lipinski definition) is 2. The Hall–Kier alpha value is -1.17. The van der Waals surface area contributed by atoms with Crippen molar-refractivity contribution in [2.75, 3.05) is 19.3 Å². The summed E-state index contributed by atoms with van der Waals surface area (Å²) in [6, 6.07) is 0. The molecule has 0 spiro atoms. The Morgan fingerprint density at radius 1 is 1.47 bits per heavy atom. The van der Waals surface area contributed by atoms with Crippen LogP contribution in [0.2, 0.25) is 0 Å². The third kappa shape index (κ3) is 6.00. The van der Waals surface area contributed by atoms with Gasteiger partial charge in [0.2, 0.25) is 0 Å². The summed E-state index contributed by atoms with van der Waals surface area (Å²) in [7, 11) is 1.91. The highest BCUT2D eigenvalue weighted by atomic mass is 32.2. The fourth-order valence-corrected chi connectivity index (χ4v) is 1.65. The molecule has 0 aromatic carbocycles. The zero-order valence-electron chi connectivity index (χ0n) is 12.5. The zero-order chi connectivity index (χ0) is 14.3. The highest BCUT2D eigenvalue weighted by molar-refractivity contribution is 7.99. The van der Waals surface area contributed by atoms with Gasteiger partial charge in [-0.25, -0.2) is 4.99 Å². The van der Waals surface area contributed by atoms with Crippen LogP contribution >= 0.6 is 11.8 Å². The van der Waals surface area contributed by atoms with Gasteiger partial charge in [0.25, 0.3) is 0 Å². The molecular weight excluding hydrogens is 258 g/mol. The summed E-state index contributed by atoms with van der Waals surface area (Å²) < 4.78 is 1.99. The molecule has 0 fully saturated rings. The minimum atomic E-state index is 0.199. The summed E-state index contributed by atoms with van der Waals surface area (Å²) in [4.78, 5) is 4.57. The summed E-state index contributed by atoms with van der Waals surface area (Å²) in [5.41, 5.74) is 1.11. The zero-order valence-corrected chi connectivity index (χ0v) is 13.3. The lowest BCUT2D eigenvalue weighted by Gasteiger charge is -2.23. The molecule has 0 amide bonds. The molecule has 6 heteroatoms.